The van der Waals surface area contributed by atoms with Crippen LogP contribution in [0.1, 0.15) is 24.5 Å². The Morgan fingerprint density at radius 3 is 2.65 bits per heavy atom. The third kappa shape index (κ3) is 9.50. The Bertz CT molecular complexity index is 563. The first-order valence-corrected chi connectivity index (χ1v) is 8.66. The van der Waals surface area contributed by atoms with Gasteiger partial charge in [0.25, 0.3) is 0 Å². The fourth-order valence-electron chi connectivity index (χ4n) is 2.23. The molecule has 0 unspecified atom stereocenters. The molecule has 148 valence electrons. The van der Waals surface area contributed by atoms with Gasteiger partial charge in [0.05, 0.1) is 7.11 Å². The standard InChI is InChI=1S/C18H28F3N3O2/c1-4-22-17(23-9-5-11-26-13-18(19,20)21)24-10-8-15-7-6-14(2)16(12-15)25-3/h6-7,12H,4-5,8-11,13H2,1-3H3,(H2,22,23,24). The summed E-state index contributed by atoms with van der Waals surface area (Å²) < 4.78 is 45.8. The minimum Gasteiger partial charge on any atom is -0.496 e. The molecule has 5 nitrogen and oxygen atoms in total. The maximum absolute atomic E-state index is 12.0. The number of aliphatic imine (C=N–C) groups is 1. The van der Waals surface area contributed by atoms with Crippen molar-refractivity contribution in [1.29, 1.82) is 0 Å². The molecule has 0 radical (unpaired) electrons. The molecule has 0 aliphatic heterocycles. The molecule has 0 amide bonds. The van der Waals surface area contributed by atoms with E-state index in [0.29, 0.717) is 32.0 Å². The van der Waals surface area contributed by atoms with E-state index < -0.39 is 12.8 Å². The van der Waals surface area contributed by atoms with Crippen LogP contribution in [0.2, 0.25) is 0 Å². The molecular formula is C18H28F3N3O2. The summed E-state index contributed by atoms with van der Waals surface area (Å²) in [4.78, 5) is 4.33. The third-order valence-corrected chi connectivity index (χ3v) is 3.51. The van der Waals surface area contributed by atoms with Gasteiger partial charge in [-0.05, 0) is 43.9 Å². The Balaban J connectivity index is 2.35. The molecule has 8 heteroatoms. The van der Waals surface area contributed by atoms with E-state index in [1.807, 2.05) is 26.0 Å². The van der Waals surface area contributed by atoms with Crippen LogP contribution in [0.15, 0.2) is 23.2 Å². The molecule has 0 saturated heterocycles. The Morgan fingerprint density at radius 2 is 2.00 bits per heavy atom. The Hall–Kier alpha value is -1.96. The van der Waals surface area contributed by atoms with Crippen molar-refractivity contribution < 1.29 is 22.6 Å². The number of methoxy groups -OCH3 is 1. The van der Waals surface area contributed by atoms with Gasteiger partial charge in [0.1, 0.15) is 12.4 Å². The summed E-state index contributed by atoms with van der Waals surface area (Å²) in [5.74, 6) is 1.50. The fourth-order valence-corrected chi connectivity index (χ4v) is 2.23. The number of guanidine groups is 1. The van der Waals surface area contributed by atoms with Crippen molar-refractivity contribution in [1.82, 2.24) is 10.6 Å². The molecule has 0 spiro atoms. The minimum absolute atomic E-state index is 0.0333. The van der Waals surface area contributed by atoms with E-state index in [9.17, 15) is 13.2 Å². The van der Waals surface area contributed by atoms with Crippen molar-refractivity contribution in [2.75, 3.05) is 40.0 Å². The Morgan fingerprint density at radius 1 is 1.23 bits per heavy atom. The van der Waals surface area contributed by atoms with Crippen molar-refractivity contribution in [2.45, 2.75) is 32.9 Å². The number of benzene rings is 1. The van der Waals surface area contributed by atoms with E-state index >= 15 is 0 Å². The van der Waals surface area contributed by atoms with Crippen LogP contribution in [-0.4, -0.2) is 52.1 Å². The predicted molar refractivity (Wildman–Crippen MR) is 96.9 cm³/mol. The highest BCUT2D eigenvalue weighted by molar-refractivity contribution is 5.79. The molecule has 0 fully saturated rings. The van der Waals surface area contributed by atoms with Crippen LogP contribution >= 0.6 is 0 Å². The quantitative estimate of drug-likeness (QED) is 0.375. The monoisotopic (exact) mass is 375 g/mol. The van der Waals surface area contributed by atoms with Crippen molar-refractivity contribution in [3.8, 4) is 5.75 Å². The van der Waals surface area contributed by atoms with Gasteiger partial charge < -0.3 is 20.1 Å². The number of hydrogen-bond donors (Lipinski definition) is 2. The summed E-state index contributed by atoms with van der Waals surface area (Å²) in [6.07, 6.45) is -3.05. The van der Waals surface area contributed by atoms with Gasteiger partial charge in [0, 0.05) is 26.2 Å². The van der Waals surface area contributed by atoms with E-state index in [1.54, 1.807) is 7.11 Å². The number of aryl methyl sites for hydroxylation is 1. The summed E-state index contributed by atoms with van der Waals surface area (Å²) in [6, 6.07) is 6.09. The first-order chi connectivity index (χ1) is 12.4. The molecule has 0 aliphatic carbocycles. The van der Waals surface area contributed by atoms with Gasteiger partial charge in [-0.25, -0.2) is 0 Å². The second-order valence-corrected chi connectivity index (χ2v) is 5.76. The summed E-state index contributed by atoms with van der Waals surface area (Å²) >= 11 is 0. The van der Waals surface area contributed by atoms with E-state index in [4.69, 9.17) is 4.74 Å². The molecule has 2 N–H and O–H groups in total. The van der Waals surface area contributed by atoms with Crippen LogP contribution in [0.25, 0.3) is 0 Å². The molecule has 0 aromatic heterocycles. The van der Waals surface area contributed by atoms with Crippen molar-refractivity contribution in [3.63, 3.8) is 0 Å². The van der Waals surface area contributed by atoms with E-state index in [0.717, 1.165) is 23.3 Å². The average molecular weight is 375 g/mol. The molecule has 1 aromatic carbocycles. The number of nitrogens with one attached hydrogen (secondary N) is 2. The largest absolute Gasteiger partial charge is 0.496 e. The van der Waals surface area contributed by atoms with Crippen LogP contribution in [-0.2, 0) is 11.2 Å². The summed E-state index contributed by atoms with van der Waals surface area (Å²) in [5, 5.41) is 6.32. The number of hydrogen-bond acceptors (Lipinski definition) is 3. The highest BCUT2D eigenvalue weighted by Crippen LogP contribution is 2.19. The Kier molecular flexibility index (Phi) is 9.87. The smallest absolute Gasteiger partial charge is 0.411 e. The van der Waals surface area contributed by atoms with E-state index in [-0.39, 0.29) is 6.61 Å². The average Bonchev–Trinajstić information content (AvgIpc) is 2.58. The third-order valence-electron chi connectivity index (χ3n) is 3.51. The number of halogens is 3. The second kappa shape index (κ2) is 11.6. The van der Waals surface area contributed by atoms with Crippen molar-refractivity contribution in [3.05, 3.63) is 29.3 Å². The van der Waals surface area contributed by atoms with Crippen LogP contribution in [0.5, 0.6) is 5.75 Å². The summed E-state index contributed by atoms with van der Waals surface area (Å²) in [6.45, 7) is 4.55. The topological polar surface area (TPSA) is 54.9 Å². The van der Waals surface area contributed by atoms with Gasteiger partial charge in [-0.1, -0.05) is 12.1 Å². The first-order valence-electron chi connectivity index (χ1n) is 8.66. The summed E-state index contributed by atoms with van der Waals surface area (Å²) in [5.41, 5.74) is 2.24. The number of rotatable bonds is 10. The number of ether oxygens (including phenoxy) is 2. The van der Waals surface area contributed by atoms with Crippen LogP contribution < -0.4 is 15.4 Å². The van der Waals surface area contributed by atoms with Crippen LogP contribution in [0.4, 0.5) is 13.2 Å². The van der Waals surface area contributed by atoms with Crippen molar-refractivity contribution >= 4 is 5.96 Å². The van der Waals surface area contributed by atoms with Gasteiger partial charge in [-0.15, -0.1) is 0 Å². The fraction of sp³-hybridized carbons (Fsp3) is 0.611. The van der Waals surface area contributed by atoms with Gasteiger partial charge in [0.2, 0.25) is 0 Å². The maximum atomic E-state index is 12.0. The van der Waals surface area contributed by atoms with E-state index in [2.05, 4.69) is 26.4 Å². The number of nitrogens with zero attached hydrogens (tertiary/aromatic N) is 1. The predicted octanol–water partition coefficient (Wildman–Crippen LogP) is 3.07. The summed E-state index contributed by atoms with van der Waals surface area (Å²) in [7, 11) is 1.65. The molecule has 0 aliphatic rings. The van der Waals surface area contributed by atoms with Gasteiger partial charge in [-0.3, -0.25) is 4.99 Å². The zero-order chi connectivity index (χ0) is 19.4. The second-order valence-electron chi connectivity index (χ2n) is 5.76. The lowest BCUT2D eigenvalue weighted by Gasteiger charge is -2.12. The molecule has 0 atom stereocenters. The molecule has 1 aromatic rings. The lowest BCUT2D eigenvalue weighted by atomic mass is 10.1. The lowest BCUT2D eigenvalue weighted by molar-refractivity contribution is -0.173. The molecule has 0 saturated carbocycles. The highest BCUT2D eigenvalue weighted by atomic mass is 19.4. The molecule has 0 bridgehead atoms. The molecular weight excluding hydrogens is 347 g/mol. The lowest BCUT2D eigenvalue weighted by Crippen LogP contribution is -2.38. The van der Waals surface area contributed by atoms with Crippen molar-refractivity contribution in [2.24, 2.45) is 4.99 Å². The SMILES string of the molecule is CCNC(=NCCCOCC(F)(F)F)NCCc1ccc(C)c(OC)c1. The van der Waals surface area contributed by atoms with Crippen LogP contribution in [0, 0.1) is 6.92 Å². The number of alkyl halides is 3. The molecule has 26 heavy (non-hydrogen) atoms. The normalized spacial score (nSPS) is 12.2. The molecule has 0 heterocycles. The van der Waals surface area contributed by atoms with Crippen LogP contribution in [0.3, 0.4) is 0 Å². The minimum atomic E-state index is -4.28. The first kappa shape index (κ1) is 22.1. The van der Waals surface area contributed by atoms with Gasteiger partial charge in [-0.2, -0.15) is 13.2 Å². The van der Waals surface area contributed by atoms with Gasteiger partial charge in [0.15, 0.2) is 5.96 Å². The maximum Gasteiger partial charge on any atom is 0.411 e. The molecule has 1 rings (SSSR count). The highest BCUT2D eigenvalue weighted by Gasteiger charge is 2.27. The zero-order valence-electron chi connectivity index (χ0n) is 15.6. The van der Waals surface area contributed by atoms with E-state index in [1.165, 1.54) is 0 Å². The zero-order valence-corrected chi connectivity index (χ0v) is 15.6. The Labute approximate surface area is 153 Å². The van der Waals surface area contributed by atoms with Gasteiger partial charge >= 0.3 is 6.18 Å².